The van der Waals surface area contributed by atoms with Crippen LogP contribution in [0.4, 0.5) is 5.13 Å². The molecule has 1 unspecified atom stereocenters. The molecule has 4 rings (SSSR count). The Bertz CT molecular complexity index is 980. The SMILES string of the molecule is COc1ccc2sc(N3CCCC(NC(=O)c4cc(C)nn4C)C3)nc2c1. The van der Waals surface area contributed by atoms with Crippen LogP contribution in [0.5, 0.6) is 5.75 Å². The number of amides is 1. The van der Waals surface area contributed by atoms with Gasteiger partial charge in [0, 0.05) is 32.2 Å². The topological polar surface area (TPSA) is 72.3 Å². The first kappa shape index (κ1) is 17.8. The molecule has 27 heavy (non-hydrogen) atoms. The van der Waals surface area contributed by atoms with Gasteiger partial charge in [-0.15, -0.1) is 0 Å². The summed E-state index contributed by atoms with van der Waals surface area (Å²) in [6, 6.07) is 7.88. The molecule has 0 bridgehead atoms. The van der Waals surface area contributed by atoms with Crippen LogP contribution in [0.2, 0.25) is 0 Å². The minimum absolute atomic E-state index is 0.0704. The first-order valence-electron chi connectivity index (χ1n) is 9.04. The average Bonchev–Trinajstić information content (AvgIpc) is 3.23. The van der Waals surface area contributed by atoms with Crippen molar-refractivity contribution in [3.63, 3.8) is 0 Å². The van der Waals surface area contributed by atoms with Gasteiger partial charge in [-0.25, -0.2) is 4.98 Å². The van der Waals surface area contributed by atoms with Crippen LogP contribution >= 0.6 is 11.3 Å². The number of fused-ring (bicyclic) bond motifs is 1. The zero-order chi connectivity index (χ0) is 19.0. The summed E-state index contributed by atoms with van der Waals surface area (Å²) in [5.41, 5.74) is 2.39. The van der Waals surface area contributed by atoms with Crippen LogP contribution in [0.3, 0.4) is 0 Å². The van der Waals surface area contributed by atoms with Crippen molar-refractivity contribution in [2.75, 3.05) is 25.1 Å². The zero-order valence-electron chi connectivity index (χ0n) is 15.7. The quantitative estimate of drug-likeness (QED) is 0.748. The molecule has 0 spiro atoms. The Morgan fingerprint density at radius 3 is 2.96 bits per heavy atom. The number of hydrogen-bond donors (Lipinski definition) is 1. The normalized spacial score (nSPS) is 17.3. The van der Waals surface area contributed by atoms with Crippen molar-refractivity contribution in [1.82, 2.24) is 20.1 Å². The van der Waals surface area contributed by atoms with Gasteiger partial charge in [0.05, 0.1) is 23.0 Å². The first-order chi connectivity index (χ1) is 13.0. The number of aromatic nitrogens is 3. The molecule has 1 saturated heterocycles. The standard InChI is InChI=1S/C19H23N5O2S/c1-12-9-16(23(2)22-12)18(25)20-13-5-4-8-24(11-13)19-21-15-10-14(26-3)6-7-17(15)27-19/h6-7,9-10,13H,4-5,8,11H2,1-3H3,(H,20,25). The molecule has 0 aliphatic carbocycles. The number of hydrogen-bond acceptors (Lipinski definition) is 6. The van der Waals surface area contributed by atoms with E-state index < -0.39 is 0 Å². The molecule has 1 amide bonds. The smallest absolute Gasteiger partial charge is 0.269 e. The van der Waals surface area contributed by atoms with Crippen LogP contribution in [0, 0.1) is 6.92 Å². The van der Waals surface area contributed by atoms with Crippen molar-refractivity contribution >= 4 is 32.6 Å². The van der Waals surface area contributed by atoms with E-state index >= 15 is 0 Å². The van der Waals surface area contributed by atoms with Crippen LogP contribution in [-0.4, -0.2) is 46.9 Å². The summed E-state index contributed by atoms with van der Waals surface area (Å²) in [6.07, 6.45) is 1.99. The number of nitrogens with zero attached hydrogens (tertiary/aromatic N) is 4. The number of benzene rings is 1. The molecule has 1 fully saturated rings. The lowest BCUT2D eigenvalue weighted by Gasteiger charge is -2.32. The summed E-state index contributed by atoms with van der Waals surface area (Å²) in [5.74, 6) is 0.744. The number of rotatable bonds is 4. The lowest BCUT2D eigenvalue weighted by molar-refractivity contribution is 0.0923. The molecule has 8 heteroatoms. The van der Waals surface area contributed by atoms with E-state index in [0.29, 0.717) is 5.69 Å². The Morgan fingerprint density at radius 1 is 1.37 bits per heavy atom. The molecule has 1 aromatic carbocycles. The Labute approximate surface area is 162 Å². The monoisotopic (exact) mass is 385 g/mol. The summed E-state index contributed by atoms with van der Waals surface area (Å²) in [4.78, 5) is 19.6. The molecule has 3 aromatic rings. The van der Waals surface area contributed by atoms with Crippen molar-refractivity contribution in [1.29, 1.82) is 0 Å². The summed E-state index contributed by atoms with van der Waals surface area (Å²) in [5, 5.41) is 8.40. The molecule has 1 aliphatic heterocycles. The summed E-state index contributed by atoms with van der Waals surface area (Å²) in [7, 11) is 3.46. The van der Waals surface area contributed by atoms with Crippen LogP contribution < -0.4 is 15.0 Å². The van der Waals surface area contributed by atoms with Crippen molar-refractivity contribution < 1.29 is 9.53 Å². The fourth-order valence-electron chi connectivity index (χ4n) is 3.51. The molecule has 1 aliphatic rings. The number of thiazole rings is 1. The van der Waals surface area contributed by atoms with Gasteiger partial charge < -0.3 is 15.0 Å². The minimum Gasteiger partial charge on any atom is -0.497 e. The summed E-state index contributed by atoms with van der Waals surface area (Å²) in [6.45, 7) is 3.61. The number of anilines is 1. The van der Waals surface area contributed by atoms with Crippen LogP contribution in [-0.2, 0) is 7.05 Å². The molecule has 3 heterocycles. The van der Waals surface area contributed by atoms with Gasteiger partial charge in [0.15, 0.2) is 5.13 Å². The second-order valence-corrected chi connectivity index (χ2v) is 7.89. The second-order valence-electron chi connectivity index (χ2n) is 6.88. The van der Waals surface area contributed by atoms with Gasteiger partial charge in [-0.1, -0.05) is 11.3 Å². The fourth-order valence-corrected chi connectivity index (χ4v) is 4.49. The van der Waals surface area contributed by atoms with E-state index in [0.717, 1.165) is 52.7 Å². The Kier molecular flexibility index (Phi) is 4.73. The lowest BCUT2D eigenvalue weighted by atomic mass is 10.1. The van der Waals surface area contributed by atoms with Gasteiger partial charge in [0.25, 0.3) is 5.91 Å². The molecular formula is C19H23N5O2S. The van der Waals surface area contributed by atoms with Crippen molar-refractivity contribution in [2.24, 2.45) is 7.05 Å². The molecule has 1 atom stereocenters. The van der Waals surface area contributed by atoms with Crippen molar-refractivity contribution in [3.05, 3.63) is 35.7 Å². The first-order valence-corrected chi connectivity index (χ1v) is 9.86. The van der Waals surface area contributed by atoms with E-state index in [4.69, 9.17) is 9.72 Å². The Balaban J connectivity index is 1.48. The highest BCUT2D eigenvalue weighted by Gasteiger charge is 2.25. The highest BCUT2D eigenvalue weighted by Crippen LogP contribution is 2.32. The maximum atomic E-state index is 12.6. The van der Waals surface area contributed by atoms with E-state index in [-0.39, 0.29) is 11.9 Å². The third-order valence-electron chi connectivity index (χ3n) is 4.85. The predicted octanol–water partition coefficient (Wildman–Crippen LogP) is 2.75. The molecular weight excluding hydrogens is 362 g/mol. The van der Waals surface area contributed by atoms with E-state index in [1.165, 1.54) is 0 Å². The molecule has 142 valence electrons. The van der Waals surface area contributed by atoms with Gasteiger partial charge in [-0.3, -0.25) is 9.48 Å². The third kappa shape index (κ3) is 3.62. The second kappa shape index (κ2) is 7.19. The summed E-state index contributed by atoms with van der Waals surface area (Å²) >= 11 is 1.68. The lowest BCUT2D eigenvalue weighted by Crippen LogP contribution is -2.48. The van der Waals surface area contributed by atoms with Gasteiger partial charge in [0.2, 0.25) is 0 Å². The Hall–Kier alpha value is -2.61. The summed E-state index contributed by atoms with van der Waals surface area (Å²) < 4.78 is 8.06. The average molecular weight is 385 g/mol. The maximum absolute atomic E-state index is 12.6. The number of aryl methyl sites for hydroxylation is 2. The van der Waals surface area contributed by atoms with Crippen molar-refractivity contribution in [3.8, 4) is 5.75 Å². The van der Waals surface area contributed by atoms with Gasteiger partial charge in [-0.2, -0.15) is 5.10 Å². The molecule has 7 nitrogen and oxygen atoms in total. The van der Waals surface area contributed by atoms with E-state index in [9.17, 15) is 4.79 Å². The number of carbonyl (C=O) groups excluding carboxylic acids is 1. The maximum Gasteiger partial charge on any atom is 0.269 e. The van der Waals surface area contributed by atoms with Crippen LogP contribution in [0.15, 0.2) is 24.3 Å². The minimum atomic E-state index is -0.0704. The van der Waals surface area contributed by atoms with Crippen LogP contribution in [0.1, 0.15) is 29.0 Å². The molecule has 0 saturated carbocycles. The van der Waals surface area contributed by atoms with Gasteiger partial charge >= 0.3 is 0 Å². The number of nitrogens with one attached hydrogen (secondary N) is 1. The Morgan fingerprint density at radius 2 is 2.22 bits per heavy atom. The number of carbonyl (C=O) groups is 1. The predicted molar refractivity (Wildman–Crippen MR) is 107 cm³/mol. The third-order valence-corrected chi connectivity index (χ3v) is 5.94. The zero-order valence-corrected chi connectivity index (χ0v) is 16.5. The molecule has 0 radical (unpaired) electrons. The molecule has 1 N–H and O–H groups in total. The van der Waals surface area contributed by atoms with Crippen molar-refractivity contribution in [2.45, 2.75) is 25.8 Å². The van der Waals surface area contributed by atoms with E-state index in [1.54, 1.807) is 30.2 Å². The molecule has 2 aromatic heterocycles. The van der Waals surface area contributed by atoms with E-state index in [1.807, 2.05) is 31.2 Å². The van der Waals surface area contributed by atoms with Gasteiger partial charge in [-0.05, 0) is 38.0 Å². The largest absolute Gasteiger partial charge is 0.497 e. The van der Waals surface area contributed by atoms with Crippen LogP contribution in [0.25, 0.3) is 10.2 Å². The fraction of sp³-hybridized carbons (Fsp3) is 0.421. The van der Waals surface area contributed by atoms with Gasteiger partial charge in [0.1, 0.15) is 11.4 Å². The van der Waals surface area contributed by atoms with E-state index in [2.05, 4.69) is 15.3 Å². The number of piperidine rings is 1. The highest BCUT2D eigenvalue weighted by molar-refractivity contribution is 7.22. The highest BCUT2D eigenvalue weighted by atomic mass is 32.1. The number of ether oxygens (including phenoxy) is 1. The number of methoxy groups -OCH3 is 1.